The highest BCUT2D eigenvalue weighted by Gasteiger charge is 2.23. The van der Waals surface area contributed by atoms with Crippen LogP contribution in [-0.4, -0.2) is 24.5 Å². The van der Waals surface area contributed by atoms with E-state index >= 15 is 0 Å². The zero-order valence-corrected chi connectivity index (χ0v) is 12.8. The van der Waals surface area contributed by atoms with Crippen LogP contribution in [0.3, 0.4) is 0 Å². The van der Waals surface area contributed by atoms with E-state index in [1.54, 1.807) is 0 Å². The van der Waals surface area contributed by atoms with Gasteiger partial charge in [0.15, 0.2) is 8.68 Å². The highest BCUT2D eigenvalue weighted by molar-refractivity contribution is 7.94. The van der Waals surface area contributed by atoms with E-state index in [2.05, 4.69) is 4.98 Å². The first kappa shape index (κ1) is 15.7. The minimum atomic E-state index is -4.10. The first-order valence-electron chi connectivity index (χ1n) is 5.39. The van der Waals surface area contributed by atoms with Crippen LogP contribution in [0.25, 0.3) is 0 Å². The molecular formula is C11H8ClFN2O4S2. The van der Waals surface area contributed by atoms with E-state index in [0.717, 1.165) is 29.5 Å². The SMILES string of the molecule is Cc1nc(Cl)sc1S(=O)(=O)Nc1cc(C(=O)O)ccc1F. The molecule has 1 aromatic carbocycles. The van der Waals surface area contributed by atoms with Crippen molar-refractivity contribution in [2.45, 2.75) is 11.1 Å². The minimum Gasteiger partial charge on any atom is -0.478 e. The largest absolute Gasteiger partial charge is 0.478 e. The molecule has 0 aliphatic rings. The topological polar surface area (TPSA) is 96.4 Å². The summed E-state index contributed by atoms with van der Waals surface area (Å²) in [6.07, 6.45) is 0. The molecule has 2 aromatic rings. The third kappa shape index (κ3) is 3.31. The highest BCUT2D eigenvalue weighted by Crippen LogP contribution is 2.29. The Labute approximate surface area is 128 Å². The lowest BCUT2D eigenvalue weighted by molar-refractivity contribution is 0.0697. The quantitative estimate of drug-likeness (QED) is 0.883. The first-order chi connectivity index (χ1) is 9.70. The van der Waals surface area contributed by atoms with Gasteiger partial charge in [0.1, 0.15) is 5.82 Å². The number of thiazole rings is 1. The van der Waals surface area contributed by atoms with Crippen LogP contribution in [0.5, 0.6) is 0 Å². The van der Waals surface area contributed by atoms with Gasteiger partial charge in [-0.2, -0.15) is 0 Å². The van der Waals surface area contributed by atoms with E-state index in [9.17, 15) is 17.6 Å². The van der Waals surface area contributed by atoms with Crippen molar-refractivity contribution in [3.8, 4) is 0 Å². The zero-order chi connectivity index (χ0) is 15.8. The maximum absolute atomic E-state index is 13.6. The van der Waals surface area contributed by atoms with Crippen LogP contribution < -0.4 is 4.72 Å². The molecule has 0 unspecified atom stereocenters. The van der Waals surface area contributed by atoms with Crippen molar-refractivity contribution in [2.24, 2.45) is 0 Å². The van der Waals surface area contributed by atoms with Crippen LogP contribution in [0, 0.1) is 12.7 Å². The molecule has 112 valence electrons. The Balaban J connectivity index is 2.43. The Morgan fingerprint density at radius 2 is 2.14 bits per heavy atom. The van der Waals surface area contributed by atoms with Crippen molar-refractivity contribution < 1.29 is 22.7 Å². The number of benzene rings is 1. The Bertz CT molecular complexity index is 820. The van der Waals surface area contributed by atoms with Crippen molar-refractivity contribution in [1.29, 1.82) is 0 Å². The maximum atomic E-state index is 13.6. The highest BCUT2D eigenvalue weighted by atomic mass is 35.5. The summed E-state index contributed by atoms with van der Waals surface area (Å²) in [7, 11) is -4.10. The summed E-state index contributed by atoms with van der Waals surface area (Å²) in [6.45, 7) is 1.45. The van der Waals surface area contributed by atoms with E-state index in [4.69, 9.17) is 16.7 Å². The number of aryl methyl sites for hydroxylation is 1. The summed E-state index contributed by atoms with van der Waals surface area (Å²) in [4.78, 5) is 14.6. The summed E-state index contributed by atoms with van der Waals surface area (Å²) in [6, 6.07) is 2.80. The van der Waals surface area contributed by atoms with Gasteiger partial charge in [0.2, 0.25) is 0 Å². The number of carboxylic acid groups (broad SMARTS) is 1. The van der Waals surface area contributed by atoms with Crippen molar-refractivity contribution in [2.75, 3.05) is 4.72 Å². The molecule has 0 bridgehead atoms. The molecule has 0 aliphatic heterocycles. The van der Waals surface area contributed by atoms with E-state index < -0.39 is 27.5 Å². The minimum absolute atomic E-state index is 0.0348. The van der Waals surface area contributed by atoms with Crippen LogP contribution in [0.15, 0.2) is 22.4 Å². The van der Waals surface area contributed by atoms with Crippen LogP contribution in [0.4, 0.5) is 10.1 Å². The van der Waals surface area contributed by atoms with Crippen LogP contribution in [0.1, 0.15) is 16.1 Å². The lowest BCUT2D eigenvalue weighted by Gasteiger charge is -2.08. The number of nitrogens with one attached hydrogen (secondary N) is 1. The molecule has 0 spiro atoms. The van der Waals surface area contributed by atoms with Crippen LogP contribution in [0.2, 0.25) is 4.47 Å². The van der Waals surface area contributed by atoms with Crippen molar-refractivity contribution in [3.05, 3.63) is 39.7 Å². The Morgan fingerprint density at radius 3 is 2.67 bits per heavy atom. The fourth-order valence-electron chi connectivity index (χ4n) is 1.53. The molecular weight excluding hydrogens is 343 g/mol. The normalized spacial score (nSPS) is 11.4. The number of anilines is 1. The Kier molecular flexibility index (Phi) is 4.17. The molecule has 2 rings (SSSR count). The number of aromatic nitrogens is 1. The predicted molar refractivity (Wildman–Crippen MR) is 76.0 cm³/mol. The van der Waals surface area contributed by atoms with Gasteiger partial charge in [-0.05, 0) is 25.1 Å². The predicted octanol–water partition coefficient (Wildman–Crippen LogP) is 2.74. The molecule has 1 aromatic heterocycles. The number of halogens is 2. The number of carbonyl (C=O) groups is 1. The number of nitrogens with zero attached hydrogens (tertiary/aromatic N) is 1. The summed E-state index contributed by atoms with van der Waals surface area (Å²) >= 11 is 6.36. The molecule has 0 radical (unpaired) electrons. The van der Waals surface area contributed by atoms with Crippen molar-refractivity contribution in [1.82, 2.24) is 4.98 Å². The average molecular weight is 351 g/mol. The van der Waals surface area contributed by atoms with E-state index in [1.807, 2.05) is 4.72 Å². The molecule has 6 nitrogen and oxygen atoms in total. The van der Waals surface area contributed by atoms with Gasteiger partial charge in [-0.25, -0.2) is 22.6 Å². The number of hydrogen-bond acceptors (Lipinski definition) is 5. The monoisotopic (exact) mass is 350 g/mol. The summed E-state index contributed by atoms with van der Waals surface area (Å²) < 4.78 is 39.8. The summed E-state index contributed by atoms with van der Waals surface area (Å²) in [5.41, 5.74) is -0.528. The maximum Gasteiger partial charge on any atom is 0.335 e. The molecule has 0 saturated carbocycles. The van der Waals surface area contributed by atoms with Crippen molar-refractivity contribution in [3.63, 3.8) is 0 Å². The van der Waals surface area contributed by atoms with E-state index in [-0.39, 0.29) is 19.9 Å². The molecule has 0 atom stereocenters. The standard InChI is InChI=1S/C11H8ClFN2O4S2/c1-5-10(20-11(12)14-5)21(18,19)15-8-4-6(9(16)17)2-3-7(8)13/h2-4,15H,1H3,(H,16,17). The number of sulfonamides is 1. The van der Waals surface area contributed by atoms with Gasteiger partial charge < -0.3 is 5.11 Å². The zero-order valence-electron chi connectivity index (χ0n) is 10.4. The van der Waals surface area contributed by atoms with Gasteiger partial charge in [-0.1, -0.05) is 22.9 Å². The number of carboxylic acids is 1. The third-order valence-corrected chi connectivity index (χ3v) is 5.67. The first-order valence-corrected chi connectivity index (χ1v) is 8.07. The molecule has 0 aliphatic carbocycles. The van der Waals surface area contributed by atoms with Gasteiger partial charge in [0.25, 0.3) is 10.0 Å². The van der Waals surface area contributed by atoms with E-state index in [0.29, 0.717) is 0 Å². The van der Waals surface area contributed by atoms with Gasteiger partial charge in [0.05, 0.1) is 16.9 Å². The number of rotatable bonds is 4. The molecule has 2 N–H and O–H groups in total. The summed E-state index contributed by atoms with van der Waals surface area (Å²) in [5, 5.41) is 8.84. The van der Waals surface area contributed by atoms with Crippen LogP contribution >= 0.6 is 22.9 Å². The van der Waals surface area contributed by atoms with Crippen LogP contribution in [-0.2, 0) is 10.0 Å². The van der Waals surface area contributed by atoms with Crippen molar-refractivity contribution >= 4 is 44.6 Å². The fraction of sp³-hybridized carbons (Fsp3) is 0.0909. The second-order valence-electron chi connectivity index (χ2n) is 3.94. The molecule has 21 heavy (non-hydrogen) atoms. The fourth-order valence-corrected chi connectivity index (χ4v) is 4.33. The second-order valence-corrected chi connectivity index (χ2v) is 7.40. The van der Waals surface area contributed by atoms with Gasteiger partial charge in [-0.3, -0.25) is 4.72 Å². The average Bonchev–Trinajstić information content (AvgIpc) is 2.71. The lowest BCUT2D eigenvalue weighted by Crippen LogP contribution is -2.14. The Morgan fingerprint density at radius 1 is 1.48 bits per heavy atom. The molecule has 0 fully saturated rings. The second kappa shape index (κ2) is 5.58. The number of hydrogen-bond donors (Lipinski definition) is 2. The lowest BCUT2D eigenvalue weighted by atomic mass is 10.2. The van der Waals surface area contributed by atoms with Gasteiger partial charge >= 0.3 is 5.97 Å². The molecule has 0 amide bonds. The molecule has 1 heterocycles. The third-order valence-electron chi connectivity index (χ3n) is 2.43. The van der Waals surface area contributed by atoms with Gasteiger partial charge in [-0.15, -0.1) is 0 Å². The summed E-state index contributed by atoms with van der Waals surface area (Å²) in [5.74, 6) is -2.19. The smallest absolute Gasteiger partial charge is 0.335 e. The number of aromatic carboxylic acids is 1. The van der Waals surface area contributed by atoms with Gasteiger partial charge in [0, 0.05) is 0 Å². The Hall–Kier alpha value is -1.71. The van der Waals surface area contributed by atoms with E-state index in [1.165, 1.54) is 6.92 Å². The molecule has 10 heteroatoms. The molecule has 0 saturated heterocycles.